The van der Waals surface area contributed by atoms with E-state index in [1.54, 1.807) is 0 Å². The van der Waals surface area contributed by atoms with E-state index in [0.29, 0.717) is 11.8 Å². The average molecular weight is 257 g/mol. The van der Waals surface area contributed by atoms with E-state index >= 15 is 0 Å². The van der Waals surface area contributed by atoms with Crippen LogP contribution in [0.3, 0.4) is 0 Å². The second kappa shape index (κ2) is 5.13. The maximum atomic E-state index is 5.86. The van der Waals surface area contributed by atoms with E-state index < -0.39 is 0 Å². The highest BCUT2D eigenvalue weighted by Gasteiger charge is 2.27. The number of nitrogens with one attached hydrogen (secondary N) is 1. The predicted octanol–water partition coefficient (Wildman–Crippen LogP) is 2.62. The van der Waals surface area contributed by atoms with Crippen LogP contribution in [0.5, 0.6) is 0 Å². The van der Waals surface area contributed by atoms with Crippen LogP contribution in [-0.2, 0) is 12.8 Å². The molecule has 1 atom stereocenters. The molecule has 0 amide bonds. The van der Waals surface area contributed by atoms with Gasteiger partial charge in [-0.25, -0.2) is 0 Å². The van der Waals surface area contributed by atoms with Crippen molar-refractivity contribution >= 4 is 0 Å². The van der Waals surface area contributed by atoms with Crippen molar-refractivity contribution in [2.24, 2.45) is 0 Å². The molecule has 1 aromatic heterocycles. The van der Waals surface area contributed by atoms with Crippen molar-refractivity contribution < 1.29 is 4.42 Å². The Balaban J connectivity index is 1.79. The smallest absolute Gasteiger partial charge is 0.233 e. The molecule has 4 nitrogen and oxygen atoms in total. The van der Waals surface area contributed by atoms with Crippen molar-refractivity contribution in [1.29, 1.82) is 0 Å². The van der Waals surface area contributed by atoms with Gasteiger partial charge in [0.05, 0.1) is 6.04 Å². The van der Waals surface area contributed by atoms with Gasteiger partial charge in [-0.15, -0.1) is 10.2 Å². The van der Waals surface area contributed by atoms with Crippen LogP contribution in [0.1, 0.15) is 48.2 Å². The lowest BCUT2D eigenvalue weighted by atomic mass is 10.1. The third kappa shape index (κ3) is 2.28. The van der Waals surface area contributed by atoms with E-state index in [4.69, 9.17) is 4.42 Å². The highest BCUT2D eigenvalue weighted by molar-refractivity contribution is 5.34. The minimum absolute atomic E-state index is 0.157. The SMILES string of the molecule is CCC(NC)c1nnc(C2Cc3ccccc3C2)o1. The van der Waals surface area contributed by atoms with Crippen LogP contribution in [0, 0.1) is 0 Å². The number of benzene rings is 1. The lowest BCUT2D eigenvalue weighted by Gasteiger charge is -2.08. The Hall–Kier alpha value is -1.68. The van der Waals surface area contributed by atoms with Gasteiger partial charge in [0.1, 0.15) is 0 Å². The van der Waals surface area contributed by atoms with E-state index in [1.807, 2.05) is 7.05 Å². The second-order valence-corrected chi connectivity index (χ2v) is 5.10. The lowest BCUT2D eigenvalue weighted by Crippen LogP contribution is -2.15. The molecule has 0 bridgehead atoms. The molecule has 0 saturated heterocycles. The van der Waals surface area contributed by atoms with Gasteiger partial charge in [-0.3, -0.25) is 0 Å². The van der Waals surface area contributed by atoms with Crippen LogP contribution < -0.4 is 5.32 Å². The Morgan fingerprint density at radius 1 is 1.26 bits per heavy atom. The maximum absolute atomic E-state index is 5.86. The maximum Gasteiger partial charge on any atom is 0.233 e. The summed E-state index contributed by atoms with van der Waals surface area (Å²) in [5, 5.41) is 11.6. The summed E-state index contributed by atoms with van der Waals surface area (Å²) < 4.78 is 5.86. The van der Waals surface area contributed by atoms with Crippen LogP contribution >= 0.6 is 0 Å². The molecule has 19 heavy (non-hydrogen) atoms. The van der Waals surface area contributed by atoms with E-state index in [-0.39, 0.29) is 6.04 Å². The fourth-order valence-electron chi connectivity index (χ4n) is 2.79. The first-order valence-electron chi connectivity index (χ1n) is 6.89. The summed E-state index contributed by atoms with van der Waals surface area (Å²) in [5.74, 6) is 1.82. The molecule has 100 valence electrons. The summed E-state index contributed by atoms with van der Waals surface area (Å²) in [7, 11) is 1.92. The first kappa shape index (κ1) is 12.4. The Labute approximate surface area is 113 Å². The molecule has 0 saturated carbocycles. The molecule has 0 spiro atoms. The number of nitrogens with zero attached hydrogens (tertiary/aromatic N) is 2. The van der Waals surface area contributed by atoms with Crippen LogP contribution in [0.2, 0.25) is 0 Å². The van der Waals surface area contributed by atoms with Crippen LogP contribution in [0.15, 0.2) is 28.7 Å². The first-order valence-corrected chi connectivity index (χ1v) is 6.89. The Bertz CT molecular complexity index is 535. The van der Waals surface area contributed by atoms with Gasteiger partial charge >= 0.3 is 0 Å². The molecular formula is C15H19N3O. The highest BCUT2D eigenvalue weighted by Crippen LogP contribution is 2.33. The molecule has 2 aromatic rings. The van der Waals surface area contributed by atoms with Crippen molar-refractivity contribution in [1.82, 2.24) is 15.5 Å². The highest BCUT2D eigenvalue weighted by atomic mass is 16.4. The fraction of sp³-hybridized carbons (Fsp3) is 0.467. The van der Waals surface area contributed by atoms with E-state index in [9.17, 15) is 0 Å². The van der Waals surface area contributed by atoms with Crippen LogP contribution in [0.4, 0.5) is 0 Å². The standard InChI is InChI=1S/C15H19N3O/c1-3-13(16-2)15-18-17-14(19-15)12-8-10-6-4-5-7-11(10)9-12/h4-7,12-13,16H,3,8-9H2,1-2H3. The van der Waals surface area contributed by atoms with Crippen molar-refractivity contribution in [3.8, 4) is 0 Å². The monoisotopic (exact) mass is 257 g/mol. The molecular weight excluding hydrogens is 238 g/mol. The summed E-state index contributed by atoms with van der Waals surface area (Å²) in [6, 6.07) is 8.72. The number of rotatable bonds is 4. The van der Waals surface area contributed by atoms with Crippen LogP contribution in [-0.4, -0.2) is 17.2 Å². The molecule has 1 aliphatic rings. The first-order chi connectivity index (χ1) is 9.31. The second-order valence-electron chi connectivity index (χ2n) is 5.10. The van der Waals surface area contributed by atoms with Gasteiger partial charge < -0.3 is 9.73 Å². The van der Waals surface area contributed by atoms with Crippen molar-refractivity contribution in [3.05, 3.63) is 47.2 Å². The molecule has 3 rings (SSSR count). The van der Waals surface area contributed by atoms with Gasteiger partial charge in [0.15, 0.2) is 0 Å². The Morgan fingerprint density at radius 2 is 1.95 bits per heavy atom. The molecule has 1 aliphatic carbocycles. The number of fused-ring (bicyclic) bond motifs is 1. The third-order valence-electron chi connectivity index (χ3n) is 3.91. The minimum atomic E-state index is 0.157. The molecule has 0 fully saturated rings. The normalized spacial score (nSPS) is 16.5. The summed E-state index contributed by atoms with van der Waals surface area (Å²) in [6.07, 6.45) is 2.96. The molecule has 4 heteroatoms. The molecule has 1 unspecified atom stereocenters. The van der Waals surface area contributed by atoms with Crippen molar-refractivity contribution in [3.63, 3.8) is 0 Å². The topological polar surface area (TPSA) is 51.0 Å². The molecule has 0 aliphatic heterocycles. The average Bonchev–Trinajstić information content (AvgIpc) is 3.06. The van der Waals surface area contributed by atoms with Gasteiger partial charge in [0, 0.05) is 5.92 Å². The third-order valence-corrected chi connectivity index (χ3v) is 3.91. The zero-order valence-corrected chi connectivity index (χ0v) is 11.4. The Kier molecular flexibility index (Phi) is 3.34. The summed E-state index contributed by atoms with van der Waals surface area (Å²) >= 11 is 0. The predicted molar refractivity (Wildman–Crippen MR) is 73.0 cm³/mol. The lowest BCUT2D eigenvalue weighted by molar-refractivity contribution is 0.370. The molecule has 1 heterocycles. The van der Waals surface area contributed by atoms with E-state index in [0.717, 1.165) is 25.2 Å². The van der Waals surface area contributed by atoms with Crippen molar-refractivity contribution in [2.45, 2.75) is 38.1 Å². The minimum Gasteiger partial charge on any atom is -0.423 e. The molecule has 0 radical (unpaired) electrons. The summed E-state index contributed by atoms with van der Waals surface area (Å²) in [6.45, 7) is 2.11. The largest absolute Gasteiger partial charge is 0.423 e. The van der Waals surface area contributed by atoms with E-state index in [1.165, 1.54) is 11.1 Å². The fourth-order valence-corrected chi connectivity index (χ4v) is 2.79. The van der Waals surface area contributed by atoms with Gasteiger partial charge in [0.2, 0.25) is 11.8 Å². The molecule has 1 N–H and O–H groups in total. The van der Waals surface area contributed by atoms with Gasteiger partial charge in [-0.1, -0.05) is 31.2 Å². The number of hydrogen-bond acceptors (Lipinski definition) is 4. The van der Waals surface area contributed by atoms with Gasteiger partial charge in [-0.2, -0.15) is 0 Å². The van der Waals surface area contributed by atoms with E-state index in [2.05, 4.69) is 46.7 Å². The van der Waals surface area contributed by atoms with Crippen LogP contribution in [0.25, 0.3) is 0 Å². The zero-order valence-electron chi connectivity index (χ0n) is 11.4. The Morgan fingerprint density at radius 3 is 2.53 bits per heavy atom. The van der Waals surface area contributed by atoms with Gasteiger partial charge in [-0.05, 0) is 37.4 Å². The quantitative estimate of drug-likeness (QED) is 0.914. The summed E-state index contributed by atoms with van der Waals surface area (Å²) in [4.78, 5) is 0. The number of hydrogen-bond donors (Lipinski definition) is 1. The molecule has 1 aromatic carbocycles. The zero-order chi connectivity index (χ0) is 13.2. The van der Waals surface area contributed by atoms with Crippen molar-refractivity contribution in [2.75, 3.05) is 7.05 Å². The van der Waals surface area contributed by atoms with Gasteiger partial charge in [0.25, 0.3) is 0 Å². The summed E-state index contributed by atoms with van der Waals surface area (Å²) in [5.41, 5.74) is 2.82. The number of aromatic nitrogens is 2.